The first-order valence-electron chi connectivity index (χ1n) is 7.85. The Kier molecular flexibility index (Phi) is 6.07. The third-order valence-corrected chi connectivity index (χ3v) is 4.14. The van der Waals surface area contributed by atoms with Crippen LogP contribution in [0.3, 0.4) is 0 Å². The number of hydrogen-bond acceptors (Lipinski definition) is 3. The Labute approximate surface area is 141 Å². The van der Waals surface area contributed by atoms with E-state index >= 15 is 0 Å². The molecule has 0 radical (unpaired) electrons. The number of nitrogen functional groups attached to an aromatic ring is 1. The molecule has 1 fully saturated rings. The Morgan fingerprint density at radius 3 is 2.44 bits per heavy atom. The Hall–Kier alpha value is -2.06. The second-order valence-corrected chi connectivity index (χ2v) is 6.02. The quantitative estimate of drug-likeness (QED) is 0.616. The van der Waals surface area contributed by atoms with E-state index in [4.69, 9.17) is 10.5 Å². The largest absolute Gasteiger partial charge is 0.487 e. The Balaban J connectivity index is 2.00. The van der Waals surface area contributed by atoms with Crippen LogP contribution in [-0.2, 0) is 0 Å². The summed E-state index contributed by atoms with van der Waals surface area (Å²) in [6.45, 7) is -0.874. The van der Waals surface area contributed by atoms with Gasteiger partial charge in [-0.2, -0.15) is 13.2 Å². The van der Waals surface area contributed by atoms with E-state index in [0.29, 0.717) is 0 Å². The molecule has 0 aliphatic heterocycles. The number of halogens is 5. The predicted octanol–water partition coefficient (Wildman–Crippen LogP) is 3.76. The number of rotatable bonds is 5. The topological polar surface area (TPSA) is 64.3 Å². The predicted molar refractivity (Wildman–Crippen MR) is 81.6 cm³/mol. The normalized spacial score (nSPS) is 21.2. The van der Waals surface area contributed by atoms with Gasteiger partial charge in [0.1, 0.15) is 12.4 Å². The summed E-state index contributed by atoms with van der Waals surface area (Å²) in [5.41, 5.74) is 5.84. The first-order valence-corrected chi connectivity index (χ1v) is 7.85. The van der Waals surface area contributed by atoms with Gasteiger partial charge in [0.25, 0.3) is 12.3 Å². The van der Waals surface area contributed by atoms with Gasteiger partial charge in [-0.05, 0) is 43.9 Å². The standard InChI is InChI=1S/C16H19F5N2O2/c17-14(18)8-25-13-6-3-10(22)7-12(13)15(24)23-11-4-1-9(2-5-11)16(19,20)21/h3,6-7,9,11,14H,1-2,4-5,8,22H2,(H,23,24). The molecule has 4 nitrogen and oxygen atoms in total. The zero-order chi connectivity index (χ0) is 18.6. The minimum Gasteiger partial charge on any atom is -0.487 e. The van der Waals surface area contributed by atoms with Crippen molar-refractivity contribution in [3.05, 3.63) is 23.8 Å². The maximum atomic E-state index is 12.7. The lowest BCUT2D eigenvalue weighted by Gasteiger charge is -2.30. The van der Waals surface area contributed by atoms with Crippen LogP contribution in [0.4, 0.5) is 27.6 Å². The summed E-state index contributed by atoms with van der Waals surface area (Å²) in [6, 6.07) is 3.60. The van der Waals surface area contributed by atoms with Crippen molar-refractivity contribution in [2.75, 3.05) is 12.3 Å². The van der Waals surface area contributed by atoms with Gasteiger partial charge < -0.3 is 15.8 Å². The van der Waals surface area contributed by atoms with Crippen molar-refractivity contribution in [3.8, 4) is 5.75 Å². The van der Waals surface area contributed by atoms with Gasteiger partial charge in [0.2, 0.25) is 0 Å². The first kappa shape index (κ1) is 19.3. The van der Waals surface area contributed by atoms with Gasteiger partial charge in [-0.25, -0.2) is 8.78 Å². The van der Waals surface area contributed by atoms with Crippen LogP contribution >= 0.6 is 0 Å². The van der Waals surface area contributed by atoms with Crippen molar-refractivity contribution in [1.29, 1.82) is 0 Å². The molecule has 1 aromatic carbocycles. The third kappa shape index (κ3) is 5.47. The van der Waals surface area contributed by atoms with E-state index in [-0.39, 0.29) is 42.7 Å². The number of nitrogens with two attached hydrogens (primary N) is 1. The zero-order valence-electron chi connectivity index (χ0n) is 13.3. The molecule has 25 heavy (non-hydrogen) atoms. The second kappa shape index (κ2) is 7.88. The Bertz CT molecular complexity index is 599. The van der Waals surface area contributed by atoms with Gasteiger partial charge in [0, 0.05) is 11.7 Å². The summed E-state index contributed by atoms with van der Waals surface area (Å²) in [7, 11) is 0. The van der Waals surface area contributed by atoms with E-state index in [9.17, 15) is 26.7 Å². The molecule has 1 saturated carbocycles. The zero-order valence-corrected chi connectivity index (χ0v) is 13.3. The molecular weight excluding hydrogens is 347 g/mol. The fourth-order valence-corrected chi connectivity index (χ4v) is 2.83. The van der Waals surface area contributed by atoms with Gasteiger partial charge in [-0.15, -0.1) is 0 Å². The molecule has 2 rings (SSSR count). The fourth-order valence-electron chi connectivity index (χ4n) is 2.83. The Morgan fingerprint density at radius 2 is 1.88 bits per heavy atom. The van der Waals surface area contributed by atoms with Crippen molar-refractivity contribution in [3.63, 3.8) is 0 Å². The first-order chi connectivity index (χ1) is 11.7. The van der Waals surface area contributed by atoms with E-state index in [1.807, 2.05) is 0 Å². The van der Waals surface area contributed by atoms with Gasteiger partial charge in [-0.1, -0.05) is 0 Å². The number of amides is 1. The second-order valence-electron chi connectivity index (χ2n) is 6.02. The number of ether oxygens (including phenoxy) is 1. The van der Waals surface area contributed by atoms with Gasteiger partial charge in [-0.3, -0.25) is 4.79 Å². The lowest BCUT2D eigenvalue weighted by atomic mass is 9.85. The third-order valence-electron chi connectivity index (χ3n) is 4.14. The van der Waals surface area contributed by atoms with Gasteiger partial charge in [0.15, 0.2) is 0 Å². The molecular formula is C16H19F5N2O2. The van der Waals surface area contributed by atoms with E-state index in [1.165, 1.54) is 18.2 Å². The molecule has 0 atom stereocenters. The molecule has 140 valence electrons. The average Bonchev–Trinajstić information content (AvgIpc) is 2.53. The SMILES string of the molecule is Nc1ccc(OCC(F)F)c(C(=O)NC2CCC(C(F)(F)F)CC2)c1. The highest BCUT2D eigenvalue weighted by molar-refractivity contribution is 5.98. The summed E-state index contributed by atoms with van der Waals surface area (Å²) >= 11 is 0. The number of benzene rings is 1. The highest BCUT2D eigenvalue weighted by Gasteiger charge is 2.41. The van der Waals surface area contributed by atoms with E-state index in [1.54, 1.807) is 0 Å². The lowest BCUT2D eigenvalue weighted by Crippen LogP contribution is -2.40. The highest BCUT2D eigenvalue weighted by Crippen LogP contribution is 2.37. The number of carbonyl (C=O) groups excluding carboxylic acids is 1. The van der Waals surface area contributed by atoms with Gasteiger partial charge in [0.05, 0.1) is 11.5 Å². The summed E-state index contributed by atoms with van der Waals surface area (Å²) in [5.74, 6) is -2.00. The minimum atomic E-state index is -4.22. The number of nitrogens with one attached hydrogen (secondary N) is 1. The van der Waals surface area contributed by atoms with Crippen molar-refractivity contribution in [1.82, 2.24) is 5.32 Å². The number of anilines is 1. The molecule has 0 bridgehead atoms. The molecule has 1 aromatic rings. The molecule has 9 heteroatoms. The molecule has 1 amide bonds. The summed E-state index contributed by atoms with van der Waals surface area (Å²) < 4.78 is 67.5. The van der Waals surface area contributed by atoms with Crippen LogP contribution in [0, 0.1) is 5.92 Å². The molecule has 1 aliphatic carbocycles. The van der Waals surface area contributed by atoms with Crippen molar-refractivity contribution in [2.45, 2.75) is 44.3 Å². The van der Waals surface area contributed by atoms with Gasteiger partial charge >= 0.3 is 6.18 Å². The van der Waals surface area contributed by atoms with Crippen LogP contribution in [-0.4, -0.2) is 31.2 Å². The Morgan fingerprint density at radius 1 is 1.24 bits per heavy atom. The van der Waals surface area contributed by atoms with Crippen LogP contribution in [0.1, 0.15) is 36.0 Å². The van der Waals surface area contributed by atoms with Crippen LogP contribution < -0.4 is 15.8 Å². The summed E-state index contributed by atoms with van der Waals surface area (Å²) in [4.78, 5) is 12.4. The van der Waals surface area contributed by atoms with E-state index < -0.39 is 37.1 Å². The van der Waals surface area contributed by atoms with Crippen molar-refractivity contribution < 1.29 is 31.5 Å². The molecule has 3 N–H and O–H groups in total. The highest BCUT2D eigenvalue weighted by atomic mass is 19.4. The van der Waals surface area contributed by atoms with Crippen molar-refractivity contribution >= 4 is 11.6 Å². The smallest absolute Gasteiger partial charge is 0.391 e. The monoisotopic (exact) mass is 366 g/mol. The summed E-state index contributed by atoms with van der Waals surface area (Å²) in [6.07, 6.45) is -6.64. The number of hydrogen-bond donors (Lipinski definition) is 2. The number of alkyl halides is 5. The lowest BCUT2D eigenvalue weighted by molar-refractivity contribution is -0.182. The van der Waals surface area contributed by atoms with E-state index in [2.05, 4.69) is 5.32 Å². The molecule has 1 aliphatic rings. The van der Waals surface area contributed by atoms with Crippen molar-refractivity contribution in [2.24, 2.45) is 5.92 Å². The molecule has 0 spiro atoms. The summed E-state index contributed by atoms with van der Waals surface area (Å²) in [5, 5.41) is 2.63. The van der Waals surface area contributed by atoms with Crippen LogP contribution in [0.5, 0.6) is 5.75 Å². The van der Waals surface area contributed by atoms with Crippen LogP contribution in [0.15, 0.2) is 18.2 Å². The maximum absolute atomic E-state index is 12.7. The number of carbonyl (C=O) groups is 1. The fraction of sp³-hybridized carbons (Fsp3) is 0.562. The molecule has 0 aromatic heterocycles. The maximum Gasteiger partial charge on any atom is 0.391 e. The minimum absolute atomic E-state index is 0.0152. The molecule has 0 saturated heterocycles. The van der Waals surface area contributed by atoms with Crippen LogP contribution in [0.2, 0.25) is 0 Å². The average molecular weight is 366 g/mol. The molecule has 0 unspecified atom stereocenters. The van der Waals surface area contributed by atoms with Crippen LogP contribution in [0.25, 0.3) is 0 Å². The molecule has 0 heterocycles. The van der Waals surface area contributed by atoms with E-state index in [0.717, 1.165) is 0 Å².